The van der Waals surface area contributed by atoms with E-state index in [1.165, 1.54) is 22.2 Å². The maximum Gasteiger partial charge on any atom is 0.234 e. The molecule has 5 aliphatic rings. The van der Waals surface area contributed by atoms with Crippen molar-refractivity contribution in [3.8, 4) is 0 Å². The lowest BCUT2D eigenvalue weighted by molar-refractivity contribution is -0.135. The molecule has 7 heterocycles. The lowest BCUT2D eigenvalue weighted by Crippen LogP contribution is -2.54. The van der Waals surface area contributed by atoms with Gasteiger partial charge in [-0.15, -0.1) is 0 Å². The fourth-order valence-corrected chi connectivity index (χ4v) is 11.7. The predicted molar refractivity (Wildman–Crippen MR) is 257 cm³/mol. The van der Waals surface area contributed by atoms with Crippen molar-refractivity contribution < 1.29 is 27.2 Å². The number of benzene rings is 3. The number of aromatic nitrogens is 3. The fraction of sp³-hybridized carbons (Fsp3) is 0.449. The number of nitrogens with one attached hydrogen (secondary N) is 4. The Balaban J connectivity index is 0.669. The maximum absolute atomic E-state index is 15.8. The van der Waals surface area contributed by atoms with E-state index in [4.69, 9.17) is 4.98 Å². The van der Waals surface area contributed by atoms with Crippen LogP contribution in [-0.4, -0.2) is 134 Å². The molecule has 352 valence electrons. The van der Waals surface area contributed by atoms with Gasteiger partial charge in [0.15, 0.2) is 0 Å². The minimum atomic E-state index is -3.48. The summed E-state index contributed by atoms with van der Waals surface area (Å²) in [6.07, 6.45) is 8.96. The van der Waals surface area contributed by atoms with Crippen LogP contribution in [0.1, 0.15) is 73.5 Å². The number of anilines is 6. The minimum Gasteiger partial charge on any atom is -0.369 e. The quantitative estimate of drug-likeness (QED) is 0.111. The Bertz CT molecular complexity index is 2760. The number of piperazine rings is 1. The molecule has 0 radical (unpaired) electrons. The van der Waals surface area contributed by atoms with Crippen LogP contribution in [0, 0.1) is 5.82 Å². The summed E-state index contributed by atoms with van der Waals surface area (Å²) in [5.41, 5.74) is 6.05. The van der Waals surface area contributed by atoms with Crippen molar-refractivity contribution >= 4 is 73.3 Å². The summed E-state index contributed by atoms with van der Waals surface area (Å²) in [4.78, 5) is 58.7. The molecule has 18 heteroatoms. The zero-order valence-electron chi connectivity index (χ0n) is 37.8. The molecule has 4 fully saturated rings. The second kappa shape index (κ2) is 18.9. The number of para-hydroxylation sites is 1. The van der Waals surface area contributed by atoms with Crippen molar-refractivity contribution in [1.82, 2.24) is 35.0 Å². The van der Waals surface area contributed by atoms with E-state index in [9.17, 15) is 22.8 Å². The molecule has 4 saturated heterocycles. The van der Waals surface area contributed by atoms with E-state index in [0.29, 0.717) is 78.4 Å². The average Bonchev–Trinajstić information content (AvgIpc) is 4.01. The summed E-state index contributed by atoms with van der Waals surface area (Å²) in [5, 5.41) is 9.71. The largest absolute Gasteiger partial charge is 0.369 e. The highest BCUT2D eigenvalue weighted by Crippen LogP contribution is 2.40. The number of carbonyl (C=O) groups excluding carboxylic acids is 3. The van der Waals surface area contributed by atoms with Crippen LogP contribution in [0.5, 0.6) is 0 Å². The topological polar surface area (TPSA) is 179 Å². The number of hydrogen-bond donors (Lipinski definition) is 4. The van der Waals surface area contributed by atoms with Crippen molar-refractivity contribution in [1.29, 1.82) is 0 Å². The van der Waals surface area contributed by atoms with Crippen molar-refractivity contribution in [2.45, 2.75) is 69.2 Å². The highest BCUT2D eigenvalue weighted by Gasteiger charge is 2.32. The molecule has 16 nitrogen and oxygen atoms in total. The van der Waals surface area contributed by atoms with Gasteiger partial charge >= 0.3 is 0 Å². The first-order valence-corrected chi connectivity index (χ1v) is 25.5. The highest BCUT2D eigenvalue weighted by atomic mass is 32.2. The van der Waals surface area contributed by atoms with Gasteiger partial charge < -0.3 is 30.3 Å². The first kappa shape index (κ1) is 44.7. The Labute approximate surface area is 390 Å². The lowest BCUT2D eigenvalue weighted by Gasteiger charge is -2.43. The normalized spacial score (nSPS) is 20.3. The standard InChI is InChI=1S/C49H58FN11O5S/c1-67(65,66)61-26-16-35-3-2-4-41(45(35)61)53-47-39-13-20-51-46(39)55-49(56-47)52-36-9-11-42(40(50)31-36)59-24-17-37(18-25-59)58-27-29-60(30-28-58)44(63)19-23-57-21-14-33(15-22-57)32-5-7-34(8-6-32)38-10-12-43(62)54-48(38)64/h2-9,11,13,20,31,33,37-38H,10,12,14-19,21-30H2,1H3,(H,54,62,64)(H3,51,52,53,55,56). The average molecular weight is 932 g/mol. The highest BCUT2D eigenvalue weighted by molar-refractivity contribution is 7.92. The minimum absolute atomic E-state index is 0.194. The Kier molecular flexibility index (Phi) is 12.6. The number of nitrogens with zero attached hydrogens (tertiary/aromatic N) is 7. The molecule has 0 aliphatic carbocycles. The Morgan fingerprint density at radius 2 is 1.58 bits per heavy atom. The summed E-state index contributed by atoms with van der Waals surface area (Å²) in [7, 11) is -3.48. The molecular formula is C49H58FN11O5S. The van der Waals surface area contributed by atoms with Gasteiger partial charge in [-0.2, -0.15) is 9.97 Å². The van der Waals surface area contributed by atoms with Gasteiger partial charge in [0, 0.05) is 83.1 Å². The van der Waals surface area contributed by atoms with E-state index >= 15 is 4.39 Å². The second-order valence-electron chi connectivity index (χ2n) is 18.6. The molecule has 5 aliphatic heterocycles. The van der Waals surface area contributed by atoms with Crippen molar-refractivity contribution in [2.75, 3.05) is 91.5 Å². The summed E-state index contributed by atoms with van der Waals surface area (Å²) in [5.74, 6) is 0.421. The third-order valence-corrected chi connectivity index (χ3v) is 15.7. The van der Waals surface area contributed by atoms with Crippen LogP contribution in [0.25, 0.3) is 11.0 Å². The number of amides is 3. The molecule has 67 heavy (non-hydrogen) atoms. The summed E-state index contributed by atoms with van der Waals surface area (Å²) in [6, 6.07) is 21.4. The molecule has 0 bridgehead atoms. The molecular weight excluding hydrogens is 874 g/mol. The van der Waals surface area contributed by atoms with E-state index in [1.54, 1.807) is 12.3 Å². The summed E-state index contributed by atoms with van der Waals surface area (Å²) < 4.78 is 42.5. The van der Waals surface area contributed by atoms with Crippen LogP contribution in [0.3, 0.4) is 0 Å². The number of halogens is 1. The SMILES string of the molecule is CS(=O)(=O)N1CCc2cccc(Nc3nc(Nc4ccc(N5CCC(N6CCN(C(=O)CCN7CCC(c8ccc(C9CCC(=O)NC9=O)cc8)CC7)CC6)CC5)c(F)c4)nc4[nH]ccc34)c21. The first-order valence-electron chi connectivity index (χ1n) is 23.6. The van der Waals surface area contributed by atoms with Gasteiger partial charge in [-0.1, -0.05) is 36.4 Å². The fourth-order valence-electron chi connectivity index (χ4n) is 10.8. The van der Waals surface area contributed by atoms with E-state index < -0.39 is 10.0 Å². The molecule has 1 unspecified atom stereocenters. The summed E-state index contributed by atoms with van der Waals surface area (Å²) >= 11 is 0. The number of H-pyrrole nitrogens is 1. The van der Waals surface area contributed by atoms with Gasteiger partial charge in [-0.3, -0.25) is 28.9 Å². The van der Waals surface area contributed by atoms with Crippen LogP contribution in [0.2, 0.25) is 0 Å². The van der Waals surface area contributed by atoms with E-state index in [2.05, 4.69) is 52.8 Å². The van der Waals surface area contributed by atoms with Crippen LogP contribution >= 0.6 is 0 Å². The van der Waals surface area contributed by atoms with Crippen LogP contribution in [0.15, 0.2) is 72.9 Å². The van der Waals surface area contributed by atoms with Gasteiger partial charge in [0.05, 0.1) is 34.6 Å². The van der Waals surface area contributed by atoms with Gasteiger partial charge in [0.1, 0.15) is 17.3 Å². The molecule has 3 aromatic carbocycles. The van der Waals surface area contributed by atoms with E-state index in [1.807, 2.05) is 47.4 Å². The van der Waals surface area contributed by atoms with Gasteiger partial charge in [-0.25, -0.2) is 12.8 Å². The molecule has 5 aromatic rings. The number of hydrogen-bond acceptors (Lipinski definition) is 12. The van der Waals surface area contributed by atoms with Gasteiger partial charge in [0.2, 0.25) is 33.7 Å². The zero-order valence-corrected chi connectivity index (χ0v) is 38.7. The summed E-state index contributed by atoms with van der Waals surface area (Å²) in [6.45, 7) is 7.69. The van der Waals surface area contributed by atoms with Crippen molar-refractivity contribution in [3.05, 3.63) is 95.4 Å². The number of likely N-dealkylation sites (tertiary alicyclic amines) is 1. The number of sulfonamides is 1. The van der Waals surface area contributed by atoms with Gasteiger partial charge in [0.25, 0.3) is 0 Å². The van der Waals surface area contributed by atoms with Crippen molar-refractivity contribution in [2.24, 2.45) is 0 Å². The molecule has 2 aromatic heterocycles. The Morgan fingerprint density at radius 3 is 2.31 bits per heavy atom. The van der Waals surface area contributed by atoms with Crippen LogP contribution in [-0.2, 0) is 30.8 Å². The number of aromatic amines is 1. The van der Waals surface area contributed by atoms with Gasteiger partial charge in [-0.05, 0) is 105 Å². The molecule has 1 atom stereocenters. The smallest absolute Gasteiger partial charge is 0.234 e. The Hall–Kier alpha value is -6.11. The number of rotatable bonds is 12. The predicted octanol–water partition coefficient (Wildman–Crippen LogP) is 5.81. The molecule has 4 N–H and O–H groups in total. The molecule has 10 rings (SSSR count). The van der Waals surface area contributed by atoms with E-state index in [-0.39, 0.29) is 35.4 Å². The number of imide groups is 1. The van der Waals surface area contributed by atoms with E-state index in [0.717, 1.165) is 101 Å². The molecule has 0 spiro atoms. The number of carbonyl (C=O) groups is 3. The second-order valence-corrected chi connectivity index (χ2v) is 20.5. The van der Waals surface area contributed by atoms with Crippen LogP contribution in [0.4, 0.5) is 38.9 Å². The third-order valence-electron chi connectivity index (χ3n) is 14.5. The number of fused-ring (bicyclic) bond motifs is 2. The van der Waals surface area contributed by atoms with Crippen LogP contribution < -0.4 is 25.2 Å². The lowest BCUT2D eigenvalue weighted by atomic mass is 9.86. The monoisotopic (exact) mass is 931 g/mol. The maximum atomic E-state index is 15.8. The first-order chi connectivity index (χ1) is 32.4. The molecule has 0 saturated carbocycles. The number of piperidine rings is 3. The van der Waals surface area contributed by atoms with Crippen molar-refractivity contribution in [3.63, 3.8) is 0 Å². The Morgan fingerprint density at radius 1 is 0.821 bits per heavy atom. The molecule has 3 amide bonds. The zero-order chi connectivity index (χ0) is 46.2. The third kappa shape index (κ3) is 9.69.